The smallest absolute Gasteiger partial charge is 0.159 e. The summed E-state index contributed by atoms with van der Waals surface area (Å²) in [7, 11) is 0. The average Bonchev–Trinajstić information content (AvgIpc) is 2.29. The third-order valence-electron chi connectivity index (χ3n) is 2.71. The summed E-state index contributed by atoms with van der Waals surface area (Å²) in [6.07, 6.45) is 0. The summed E-state index contributed by atoms with van der Waals surface area (Å²) in [5.74, 6) is -1.47. The van der Waals surface area contributed by atoms with Crippen LogP contribution < -0.4 is 5.32 Å². The third kappa shape index (κ3) is 3.75. The van der Waals surface area contributed by atoms with Gasteiger partial charge in [-0.1, -0.05) is 19.9 Å². The highest BCUT2D eigenvalue weighted by atomic mass is 19.2. The molecule has 0 aliphatic rings. The minimum atomic E-state index is -0.841. The Kier molecular flexibility index (Phi) is 5.02. The van der Waals surface area contributed by atoms with E-state index in [0.29, 0.717) is 5.56 Å². The third-order valence-corrected chi connectivity index (χ3v) is 2.71. The van der Waals surface area contributed by atoms with Crippen LogP contribution in [-0.4, -0.2) is 17.8 Å². The molecule has 1 rings (SSSR count). The number of halogens is 2. The van der Waals surface area contributed by atoms with Gasteiger partial charge in [0.1, 0.15) is 0 Å². The molecule has 1 aromatic carbocycles. The molecule has 0 bridgehead atoms. The van der Waals surface area contributed by atoms with Gasteiger partial charge < -0.3 is 10.4 Å². The fraction of sp³-hybridized carbons (Fsp3) is 0.538. The van der Waals surface area contributed by atoms with E-state index in [4.69, 9.17) is 5.11 Å². The molecule has 0 heterocycles. The Morgan fingerprint density at radius 1 is 1.18 bits per heavy atom. The predicted octanol–water partition coefficient (Wildman–Crippen LogP) is 2.63. The van der Waals surface area contributed by atoms with E-state index < -0.39 is 11.6 Å². The van der Waals surface area contributed by atoms with Crippen LogP contribution in [0.3, 0.4) is 0 Å². The van der Waals surface area contributed by atoms with Crippen LogP contribution in [0.4, 0.5) is 8.78 Å². The number of rotatable bonds is 5. The van der Waals surface area contributed by atoms with Crippen LogP contribution in [0.5, 0.6) is 0 Å². The fourth-order valence-electron chi connectivity index (χ4n) is 1.74. The molecule has 17 heavy (non-hydrogen) atoms. The molecule has 0 saturated carbocycles. The van der Waals surface area contributed by atoms with Gasteiger partial charge in [-0.25, -0.2) is 8.78 Å². The molecule has 0 saturated heterocycles. The molecule has 2 atom stereocenters. The minimum Gasteiger partial charge on any atom is -0.395 e. The van der Waals surface area contributed by atoms with Crippen molar-refractivity contribution in [3.8, 4) is 0 Å². The maximum Gasteiger partial charge on any atom is 0.159 e. The van der Waals surface area contributed by atoms with Gasteiger partial charge in [0, 0.05) is 12.1 Å². The lowest BCUT2D eigenvalue weighted by Gasteiger charge is -2.26. The number of hydrogen-bond acceptors (Lipinski definition) is 2. The van der Waals surface area contributed by atoms with Gasteiger partial charge in [-0.2, -0.15) is 0 Å². The molecule has 96 valence electrons. The Morgan fingerprint density at radius 3 is 2.29 bits per heavy atom. The zero-order valence-corrected chi connectivity index (χ0v) is 10.4. The van der Waals surface area contributed by atoms with Crippen molar-refractivity contribution in [1.29, 1.82) is 0 Å². The van der Waals surface area contributed by atoms with Gasteiger partial charge >= 0.3 is 0 Å². The Balaban J connectivity index is 2.93. The highest BCUT2D eigenvalue weighted by Gasteiger charge is 2.18. The number of hydrogen-bond donors (Lipinski definition) is 2. The van der Waals surface area contributed by atoms with Crippen LogP contribution in [0.1, 0.15) is 32.4 Å². The molecule has 0 radical (unpaired) electrons. The van der Waals surface area contributed by atoms with Crippen LogP contribution in [0.15, 0.2) is 18.2 Å². The standard InChI is InChI=1S/C13H19F2NO/c1-8(2)13(16-9(3)7-17)10-4-5-11(14)12(15)6-10/h4-6,8-9,13,16-17H,7H2,1-3H3/t9-,13+/m0/s1. The van der Waals surface area contributed by atoms with E-state index in [-0.39, 0.29) is 24.6 Å². The summed E-state index contributed by atoms with van der Waals surface area (Å²) in [6.45, 7) is 5.83. The van der Waals surface area contributed by atoms with Crippen LogP contribution in [-0.2, 0) is 0 Å². The van der Waals surface area contributed by atoms with Crippen molar-refractivity contribution in [3.63, 3.8) is 0 Å². The monoisotopic (exact) mass is 243 g/mol. The average molecular weight is 243 g/mol. The molecule has 1 aromatic rings. The first-order chi connectivity index (χ1) is 7.95. The van der Waals surface area contributed by atoms with E-state index in [1.165, 1.54) is 6.07 Å². The van der Waals surface area contributed by atoms with Crippen molar-refractivity contribution >= 4 is 0 Å². The molecular weight excluding hydrogens is 224 g/mol. The van der Waals surface area contributed by atoms with Crippen molar-refractivity contribution in [1.82, 2.24) is 5.32 Å². The van der Waals surface area contributed by atoms with Crippen molar-refractivity contribution in [2.75, 3.05) is 6.61 Å². The van der Waals surface area contributed by atoms with E-state index in [0.717, 1.165) is 6.07 Å². The normalized spacial score (nSPS) is 15.0. The van der Waals surface area contributed by atoms with Gasteiger partial charge in [-0.3, -0.25) is 0 Å². The highest BCUT2D eigenvalue weighted by Crippen LogP contribution is 2.23. The second kappa shape index (κ2) is 6.07. The summed E-state index contributed by atoms with van der Waals surface area (Å²) < 4.78 is 26.0. The summed E-state index contributed by atoms with van der Waals surface area (Å²) >= 11 is 0. The van der Waals surface area contributed by atoms with E-state index >= 15 is 0 Å². The molecule has 0 aliphatic carbocycles. The van der Waals surface area contributed by atoms with E-state index in [1.54, 1.807) is 6.07 Å². The lowest BCUT2D eigenvalue weighted by atomic mass is 9.95. The van der Waals surface area contributed by atoms with E-state index in [9.17, 15) is 8.78 Å². The van der Waals surface area contributed by atoms with Crippen molar-refractivity contribution in [2.24, 2.45) is 5.92 Å². The quantitative estimate of drug-likeness (QED) is 0.833. The number of benzene rings is 1. The van der Waals surface area contributed by atoms with Crippen LogP contribution >= 0.6 is 0 Å². The van der Waals surface area contributed by atoms with Gasteiger partial charge in [0.2, 0.25) is 0 Å². The van der Waals surface area contributed by atoms with Crippen LogP contribution in [0, 0.1) is 17.6 Å². The Morgan fingerprint density at radius 2 is 1.82 bits per heavy atom. The molecule has 0 aliphatic heterocycles. The Labute approximate surface area is 101 Å². The first-order valence-corrected chi connectivity index (χ1v) is 5.77. The predicted molar refractivity (Wildman–Crippen MR) is 63.6 cm³/mol. The second-order valence-corrected chi connectivity index (χ2v) is 4.65. The summed E-state index contributed by atoms with van der Waals surface area (Å²) in [4.78, 5) is 0. The second-order valence-electron chi connectivity index (χ2n) is 4.65. The van der Waals surface area contributed by atoms with E-state index in [2.05, 4.69) is 5.32 Å². The number of aliphatic hydroxyl groups is 1. The van der Waals surface area contributed by atoms with Crippen molar-refractivity contribution in [3.05, 3.63) is 35.4 Å². The highest BCUT2D eigenvalue weighted by molar-refractivity contribution is 5.22. The van der Waals surface area contributed by atoms with Crippen molar-refractivity contribution < 1.29 is 13.9 Å². The molecule has 4 heteroatoms. The molecule has 0 fully saturated rings. The summed E-state index contributed by atoms with van der Waals surface area (Å²) in [6, 6.07) is 3.71. The van der Waals surface area contributed by atoms with Gasteiger partial charge in [0.05, 0.1) is 6.61 Å². The van der Waals surface area contributed by atoms with Gasteiger partial charge in [-0.15, -0.1) is 0 Å². The largest absolute Gasteiger partial charge is 0.395 e. The number of nitrogens with one attached hydrogen (secondary N) is 1. The minimum absolute atomic E-state index is 0.00684. The maximum absolute atomic E-state index is 13.2. The molecule has 2 nitrogen and oxygen atoms in total. The zero-order valence-electron chi connectivity index (χ0n) is 10.4. The maximum atomic E-state index is 13.2. The van der Waals surface area contributed by atoms with Gasteiger partial charge in [-0.05, 0) is 30.5 Å². The SMILES string of the molecule is CC(C)[C@@H](N[C@@H](C)CO)c1ccc(F)c(F)c1. The molecule has 0 spiro atoms. The topological polar surface area (TPSA) is 32.3 Å². The molecule has 2 N–H and O–H groups in total. The zero-order chi connectivity index (χ0) is 13.0. The lowest BCUT2D eigenvalue weighted by molar-refractivity contribution is 0.229. The summed E-state index contributed by atoms with van der Waals surface area (Å²) in [5, 5.41) is 12.2. The van der Waals surface area contributed by atoms with Crippen molar-refractivity contribution in [2.45, 2.75) is 32.9 Å². The number of aliphatic hydroxyl groups excluding tert-OH is 1. The van der Waals surface area contributed by atoms with Crippen LogP contribution in [0.25, 0.3) is 0 Å². The van der Waals surface area contributed by atoms with E-state index in [1.807, 2.05) is 20.8 Å². The Hall–Kier alpha value is -1.00. The first-order valence-electron chi connectivity index (χ1n) is 5.77. The molecular formula is C13H19F2NO. The molecule has 0 unspecified atom stereocenters. The fourth-order valence-corrected chi connectivity index (χ4v) is 1.74. The molecule has 0 aromatic heterocycles. The first kappa shape index (κ1) is 14.1. The molecule has 0 amide bonds. The Bertz CT molecular complexity index is 368. The van der Waals surface area contributed by atoms with Gasteiger partial charge in [0.15, 0.2) is 11.6 Å². The lowest BCUT2D eigenvalue weighted by Crippen LogP contribution is -2.35. The van der Waals surface area contributed by atoms with Crippen LogP contribution in [0.2, 0.25) is 0 Å². The van der Waals surface area contributed by atoms with Gasteiger partial charge in [0.25, 0.3) is 0 Å². The summed E-state index contributed by atoms with van der Waals surface area (Å²) in [5.41, 5.74) is 0.694.